The summed E-state index contributed by atoms with van der Waals surface area (Å²) >= 11 is 1.82. The van der Waals surface area contributed by atoms with Crippen LogP contribution in [-0.2, 0) is 4.79 Å². The van der Waals surface area contributed by atoms with Crippen molar-refractivity contribution in [3.05, 3.63) is 0 Å². The second-order valence-corrected chi connectivity index (χ2v) is 5.89. The summed E-state index contributed by atoms with van der Waals surface area (Å²) in [5.41, 5.74) is 0. The number of hydrogen-bond donors (Lipinski definition) is 0. The first-order valence-corrected chi connectivity index (χ1v) is 7.16. The highest BCUT2D eigenvalue weighted by atomic mass is 32.2. The van der Waals surface area contributed by atoms with E-state index in [1.807, 2.05) is 16.7 Å². The third kappa shape index (κ3) is 2.70. The van der Waals surface area contributed by atoms with E-state index in [1.54, 1.807) is 0 Å². The molecule has 3 nitrogen and oxygen atoms in total. The van der Waals surface area contributed by atoms with Crippen molar-refractivity contribution in [2.24, 2.45) is 5.92 Å². The molecule has 1 atom stereocenters. The van der Waals surface area contributed by atoms with Crippen molar-refractivity contribution in [1.29, 1.82) is 5.26 Å². The van der Waals surface area contributed by atoms with Crippen molar-refractivity contribution >= 4 is 17.7 Å². The Hall–Kier alpha value is -0.690. The molecule has 0 aliphatic carbocycles. The van der Waals surface area contributed by atoms with Crippen LogP contribution in [0.2, 0.25) is 0 Å². The number of thioether (sulfide) groups is 1. The van der Waals surface area contributed by atoms with Crippen LogP contribution in [0.4, 0.5) is 0 Å². The second-order valence-electron chi connectivity index (χ2n) is 4.58. The van der Waals surface area contributed by atoms with Gasteiger partial charge in [0.05, 0.1) is 11.3 Å². The smallest absolute Gasteiger partial charge is 0.235 e. The van der Waals surface area contributed by atoms with Crippen molar-refractivity contribution in [2.75, 3.05) is 18.8 Å². The molecule has 0 spiro atoms. The molecule has 2 saturated heterocycles. The molecule has 2 heterocycles. The topological polar surface area (TPSA) is 44.1 Å². The van der Waals surface area contributed by atoms with Gasteiger partial charge in [-0.05, 0) is 31.4 Å². The van der Waals surface area contributed by atoms with Crippen LogP contribution in [0.25, 0.3) is 0 Å². The number of nitrogens with zero attached hydrogens (tertiary/aromatic N) is 2. The molecule has 2 aliphatic rings. The average Bonchev–Trinajstić information content (AvgIpc) is 2.39. The molecular weight excluding hydrogens is 220 g/mol. The van der Waals surface area contributed by atoms with E-state index in [4.69, 9.17) is 5.26 Å². The van der Waals surface area contributed by atoms with Gasteiger partial charge in [-0.1, -0.05) is 6.42 Å². The molecule has 0 N–H and O–H groups in total. The van der Waals surface area contributed by atoms with Crippen LogP contribution in [-0.4, -0.2) is 34.9 Å². The van der Waals surface area contributed by atoms with Crippen LogP contribution in [0.1, 0.15) is 32.1 Å². The molecule has 16 heavy (non-hydrogen) atoms. The Labute approximate surface area is 101 Å². The van der Waals surface area contributed by atoms with Crippen LogP contribution in [0.5, 0.6) is 0 Å². The molecule has 2 rings (SSSR count). The standard InChI is InChI=1S/C12H18N2OS/c13-9-10-4-6-14(7-5-10)12(15)11-3-1-2-8-16-11/h10-11H,1-8H2. The molecule has 2 fully saturated rings. The number of nitriles is 1. The monoisotopic (exact) mass is 238 g/mol. The number of carbonyl (C=O) groups is 1. The third-order valence-electron chi connectivity index (χ3n) is 3.44. The van der Waals surface area contributed by atoms with Crippen LogP contribution in [0.3, 0.4) is 0 Å². The molecule has 0 aromatic rings. The maximum Gasteiger partial charge on any atom is 0.235 e. The van der Waals surface area contributed by atoms with E-state index in [0.717, 1.165) is 38.1 Å². The minimum atomic E-state index is 0.169. The highest BCUT2D eigenvalue weighted by molar-refractivity contribution is 8.00. The number of carbonyl (C=O) groups excluding carboxylic acids is 1. The summed E-state index contributed by atoms with van der Waals surface area (Å²) in [5.74, 6) is 1.62. The van der Waals surface area contributed by atoms with Gasteiger partial charge in [0.1, 0.15) is 0 Å². The molecular formula is C12H18N2OS. The van der Waals surface area contributed by atoms with E-state index in [1.165, 1.54) is 12.8 Å². The number of likely N-dealkylation sites (tertiary alicyclic amines) is 1. The first kappa shape index (κ1) is 11.8. The van der Waals surface area contributed by atoms with Crippen LogP contribution in [0.15, 0.2) is 0 Å². The fourth-order valence-electron chi connectivity index (χ4n) is 2.37. The van der Waals surface area contributed by atoms with Crippen LogP contribution >= 0.6 is 11.8 Å². The number of amides is 1. The van der Waals surface area contributed by atoms with Gasteiger partial charge >= 0.3 is 0 Å². The number of piperidine rings is 1. The van der Waals surface area contributed by atoms with Crippen LogP contribution in [0, 0.1) is 17.2 Å². The van der Waals surface area contributed by atoms with E-state index in [0.29, 0.717) is 5.91 Å². The van der Waals surface area contributed by atoms with Crippen molar-refractivity contribution in [2.45, 2.75) is 37.4 Å². The van der Waals surface area contributed by atoms with Gasteiger partial charge in [0.15, 0.2) is 0 Å². The summed E-state index contributed by atoms with van der Waals surface area (Å²) in [5, 5.41) is 9.01. The quantitative estimate of drug-likeness (QED) is 0.702. The summed E-state index contributed by atoms with van der Waals surface area (Å²) in [7, 11) is 0. The first-order valence-electron chi connectivity index (χ1n) is 6.11. The van der Waals surface area contributed by atoms with Gasteiger partial charge in [0, 0.05) is 19.0 Å². The Balaban J connectivity index is 1.84. The SMILES string of the molecule is N#CC1CCN(C(=O)C2CCCCS2)CC1. The van der Waals surface area contributed by atoms with Gasteiger partial charge in [-0.3, -0.25) is 4.79 Å². The maximum atomic E-state index is 12.2. The molecule has 2 aliphatic heterocycles. The lowest BCUT2D eigenvalue weighted by molar-refractivity contribution is -0.131. The molecule has 0 saturated carbocycles. The Bertz CT molecular complexity index is 286. The predicted molar refractivity (Wildman–Crippen MR) is 65.0 cm³/mol. The molecule has 88 valence electrons. The van der Waals surface area contributed by atoms with Gasteiger partial charge in [0.2, 0.25) is 5.91 Å². The van der Waals surface area contributed by atoms with E-state index in [9.17, 15) is 4.79 Å². The Kier molecular flexibility index (Phi) is 4.11. The van der Waals surface area contributed by atoms with Gasteiger partial charge in [-0.2, -0.15) is 5.26 Å². The van der Waals surface area contributed by atoms with Crippen molar-refractivity contribution < 1.29 is 4.79 Å². The van der Waals surface area contributed by atoms with Crippen molar-refractivity contribution in [1.82, 2.24) is 4.90 Å². The minimum absolute atomic E-state index is 0.169. The van der Waals surface area contributed by atoms with E-state index < -0.39 is 0 Å². The summed E-state index contributed by atoms with van der Waals surface area (Å²) in [4.78, 5) is 14.1. The Morgan fingerprint density at radius 3 is 2.56 bits per heavy atom. The molecule has 1 amide bonds. The highest BCUT2D eigenvalue weighted by Crippen LogP contribution is 2.28. The maximum absolute atomic E-state index is 12.2. The predicted octanol–water partition coefficient (Wildman–Crippen LogP) is 2.03. The van der Waals surface area contributed by atoms with Gasteiger partial charge in [-0.25, -0.2) is 0 Å². The van der Waals surface area contributed by atoms with E-state index in [2.05, 4.69) is 6.07 Å². The van der Waals surface area contributed by atoms with E-state index >= 15 is 0 Å². The lowest BCUT2D eigenvalue weighted by atomic mass is 9.98. The molecule has 1 unspecified atom stereocenters. The summed E-state index contributed by atoms with van der Waals surface area (Å²) in [6, 6.07) is 2.30. The normalized spacial score (nSPS) is 27.4. The van der Waals surface area contributed by atoms with Gasteiger partial charge < -0.3 is 4.90 Å². The molecule has 0 radical (unpaired) electrons. The summed E-state index contributed by atoms with van der Waals surface area (Å²) < 4.78 is 0. The summed E-state index contributed by atoms with van der Waals surface area (Å²) in [6.07, 6.45) is 5.21. The van der Waals surface area contributed by atoms with Gasteiger partial charge in [-0.15, -0.1) is 11.8 Å². The zero-order chi connectivity index (χ0) is 11.4. The van der Waals surface area contributed by atoms with Gasteiger partial charge in [0.25, 0.3) is 0 Å². The fraction of sp³-hybridized carbons (Fsp3) is 0.833. The third-order valence-corrected chi connectivity index (χ3v) is 4.81. The molecule has 0 aromatic heterocycles. The number of rotatable bonds is 1. The average molecular weight is 238 g/mol. The van der Waals surface area contributed by atoms with E-state index in [-0.39, 0.29) is 11.2 Å². The number of hydrogen-bond acceptors (Lipinski definition) is 3. The lowest BCUT2D eigenvalue weighted by Gasteiger charge is -2.33. The molecule has 4 heteroatoms. The van der Waals surface area contributed by atoms with Crippen molar-refractivity contribution in [3.8, 4) is 6.07 Å². The first-order chi connectivity index (χ1) is 7.81. The highest BCUT2D eigenvalue weighted by Gasteiger charge is 2.29. The molecule has 0 aromatic carbocycles. The lowest BCUT2D eigenvalue weighted by Crippen LogP contribution is -2.43. The zero-order valence-electron chi connectivity index (χ0n) is 9.52. The Morgan fingerprint density at radius 1 is 1.25 bits per heavy atom. The fourth-order valence-corrected chi connectivity index (χ4v) is 3.65. The zero-order valence-corrected chi connectivity index (χ0v) is 10.3. The van der Waals surface area contributed by atoms with Crippen LogP contribution < -0.4 is 0 Å². The largest absolute Gasteiger partial charge is 0.342 e. The van der Waals surface area contributed by atoms with Crippen molar-refractivity contribution in [3.63, 3.8) is 0 Å². The summed E-state index contributed by atoms with van der Waals surface area (Å²) in [6.45, 7) is 1.57. The second kappa shape index (κ2) is 5.58. The Morgan fingerprint density at radius 2 is 2.00 bits per heavy atom. The minimum Gasteiger partial charge on any atom is -0.342 e. The molecule has 0 bridgehead atoms.